The SMILES string of the molecule is CNc1nncn1C1CC1. The number of rotatable bonds is 2. The Morgan fingerprint density at radius 2 is 2.50 bits per heavy atom. The molecule has 1 aromatic heterocycles. The molecule has 10 heavy (non-hydrogen) atoms. The fourth-order valence-corrected chi connectivity index (χ4v) is 1.04. The van der Waals surface area contributed by atoms with Crippen LogP contribution in [-0.2, 0) is 0 Å². The highest BCUT2D eigenvalue weighted by Gasteiger charge is 2.25. The maximum Gasteiger partial charge on any atom is 0.224 e. The molecular weight excluding hydrogens is 128 g/mol. The van der Waals surface area contributed by atoms with Crippen LogP contribution in [0.5, 0.6) is 0 Å². The molecule has 0 amide bonds. The van der Waals surface area contributed by atoms with E-state index >= 15 is 0 Å². The van der Waals surface area contributed by atoms with Crippen molar-refractivity contribution in [2.24, 2.45) is 0 Å². The summed E-state index contributed by atoms with van der Waals surface area (Å²) in [6.45, 7) is 0. The second-order valence-electron chi connectivity index (χ2n) is 2.54. The molecule has 0 radical (unpaired) electrons. The van der Waals surface area contributed by atoms with Gasteiger partial charge in [0.15, 0.2) is 0 Å². The Morgan fingerprint density at radius 3 is 3.10 bits per heavy atom. The van der Waals surface area contributed by atoms with E-state index < -0.39 is 0 Å². The monoisotopic (exact) mass is 138 g/mol. The van der Waals surface area contributed by atoms with Crippen molar-refractivity contribution in [1.82, 2.24) is 14.8 Å². The fraction of sp³-hybridized carbons (Fsp3) is 0.667. The van der Waals surface area contributed by atoms with E-state index in [1.165, 1.54) is 12.8 Å². The molecule has 1 aliphatic carbocycles. The summed E-state index contributed by atoms with van der Waals surface area (Å²) in [7, 11) is 1.86. The lowest BCUT2D eigenvalue weighted by Gasteiger charge is -2.00. The summed E-state index contributed by atoms with van der Waals surface area (Å²) in [6, 6.07) is 0.664. The first-order valence-corrected chi connectivity index (χ1v) is 3.49. The third-order valence-electron chi connectivity index (χ3n) is 1.74. The number of hydrogen-bond donors (Lipinski definition) is 1. The van der Waals surface area contributed by atoms with Gasteiger partial charge >= 0.3 is 0 Å². The highest BCUT2D eigenvalue weighted by Crippen LogP contribution is 2.36. The molecule has 4 heteroatoms. The van der Waals surface area contributed by atoms with Crippen molar-refractivity contribution in [3.8, 4) is 0 Å². The molecule has 0 spiro atoms. The number of hydrogen-bond acceptors (Lipinski definition) is 3. The molecule has 1 aromatic rings. The van der Waals surface area contributed by atoms with Crippen molar-refractivity contribution in [2.75, 3.05) is 12.4 Å². The molecule has 0 atom stereocenters. The van der Waals surface area contributed by atoms with Gasteiger partial charge in [0.05, 0.1) is 0 Å². The van der Waals surface area contributed by atoms with Crippen molar-refractivity contribution in [3.05, 3.63) is 6.33 Å². The first kappa shape index (κ1) is 5.70. The van der Waals surface area contributed by atoms with Gasteiger partial charge in [0.25, 0.3) is 0 Å². The first-order valence-electron chi connectivity index (χ1n) is 3.49. The molecule has 0 bridgehead atoms. The molecule has 0 saturated heterocycles. The van der Waals surface area contributed by atoms with Crippen LogP contribution in [0.3, 0.4) is 0 Å². The van der Waals surface area contributed by atoms with E-state index in [1.807, 2.05) is 7.05 Å². The van der Waals surface area contributed by atoms with E-state index in [1.54, 1.807) is 6.33 Å². The van der Waals surface area contributed by atoms with E-state index in [0.717, 1.165) is 5.95 Å². The van der Waals surface area contributed by atoms with Crippen LogP contribution in [-0.4, -0.2) is 21.8 Å². The van der Waals surface area contributed by atoms with Crippen molar-refractivity contribution < 1.29 is 0 Å². The van der Waals surface area contributed by atoms with Crippen LogP contribution in [0.15, 0.2) is 6.33 Å². The molecular formula is C6H10N4. The molecule has 1 aliphatic rings. The van der Waals surface area contributed by atoms with Crippen molar-refractivity contribution in [2.45, 2.75) is 18.9 Å². The average Bonchev–Trinajstić information content (AvgIpc) is 2.69. The first-order chi connectivity index (χ1) is 4.92. The van der Waals surface area contributed by atoms with Crippen LogP contribution in [0.1, 0.15) is 18.9 Å². The summed E-state index contributed by atoms with van der Waals surface area (Å²) in [5, 5.41) is 10.7. The van der Waals surface area contributed by atoms with Crippen LogP contribution in [0.25, 0.3) is 0 Å². The Morgan fingerprint density at radius 1 is 1.70 bits per heavy atom. The standard InChI is InChI=1S/C6H10N4/c1-7-6-9-8-4-10(6)5-2-3-5/h4-5H,2-3H2,1H3,(H,7,9). The molecule has 1 heterocycles. The van der Waals surface area contributed by atoms with Gasteiger partial charge in [-0.15, -0.1) is 10.2 Å². The summed E-state index contributed by atoms with van der Waals surface area (Å²) in [5.41, 5.74) is 0. The number of nitrogens with one attached hydrogen (secondary N) is 1. The van der Waals surface area contributed by atoms with Crippen LogP contribution in [0, 0.1) is 0 Å². The molecule has 1 saturated carbocycles. The molecule has 1 fully saturated rings. The highest BCUT2D eigenvalue weighted by atomic mass is 15.3. The molecule has 2 rings (SSSR count). The van der Waals surface area contributed by atoms with Crippen molar-refractivity contribution >= 4 is 5.95 Å². The summed E-state index contributed by atoms with van der Waals surface area (Å²) < 4.78 is 2.08. The lowest BCUT2D eigenvalue weighted by atomic mass is 10.7. The van der Waals surface area contributed by atoms with E-state index in [2.05, 4.69) is 20.1 Å². The van der Waals surface area contributed by atoms with Gasteiger partial charge in [-0.1, -0.05) is 0 Å². The quantitative estimate of drug-likeness (QED) is 0.652. The maximum absolute atomic E-state index is 3.90. The Hall–Kier alpha value is -1.06. The van der Waals surface area contributed by atoms with E-state index in [9.17, 15) is 0 Å². The van der Waals surface area contributed by atoms with Gasteiger partial charge in [-0.05, 0) is 12.8 Å². The maximum atomic E-state index is 3.90. The number of nitrogens with zero attached hydrogens (tertiary/aromatic N) is 3. The average molecular weight is 138 g/mol. The van der Waals surface area contributed by atoms with E-state index in [4.69, 9.17) is 0 Å². The Kier molecular flexibility index (Phi) is 1.12. The summed E-state index contributed by atoms with van der Waals surface area (Å²) in [5.74, 6) is 0.877. The predicted molar refractivity (Wildman–Crippen MR) is 37.8 cm³/mol. The van der Waals surface area contributed by atoms with Gasteiger partial charge in [-0.25, -0.2) is 0 Å². The van der Waals surface area contributed by atoms with Crippen molar-refractivity contribution in [3.63, 3.8) is 0 Å². The normalized spacial score (nSPS) is 17.3. The molecule has 54 valence electrons. The van der Waals surface area contributed by atoms with Gasteiger partial charge in [0.1, 0.15) is 6.33 Å². The molecule has 4 nitrogen and oxygen atoms in total. The minimum atomic E-state index is 0.664. The zero-order valence-electron chi connectivity index (χ0n) is 5.91. The molecule has 0 aliphatic heterocycles. The fourth-order valence-electron chi connectivity index (χ4n) is 1.04. The largest absolute Gasteiger partial charge is 0.357 e. The lowest BCUT2D eigenvalue weighted by Crippen LogP contribution is -2.00. The molecule has 1 N–H and O–H groups in total. The number of aromatic nitrogens is 3. The minimum Gasteiger partial charge on any atom is -0.357 e. The zero-order valence-corrected chi connectivity index (χ0v) is 5.91. The minimum absolute atomic E-state index is 0.664. The van der Waals surface area contributed by atoms with E-state index in [0.29, 0.717) is 6.04 Å². The predicted octanol–water partition coefficient (Wildman–Crippen LogP) is 0.655. The zero-order chi connectivity index (χ0) is 6.97. The lowest BCUT2D eigenvalue weighted by molar-refractivity contribution is 0.745. The third-order valence-corrected chi connectivity index (χ3v) is 1.74. The Bertz CT molecular complexity index is 225. The van der Waals surface area contributed by atoms with E-state index in [-0.39, 0.29) is 0 Å². The highest BCUT2D eigenvalue weighted by molar-refractivity contribution is 5.23. The van der Waals surface area contributed by atoms with Crippen LogP contribution < -0.4 is 5.32 Å². The van der Waals surface area contributed by atoms with Crippen molar-refractivity contribution in [1.29, 1.82) is 0 Å². The molecule has 0 aromatic carbocycles. The Labute approximate surface area is 59.3 Å². The van der Waals surface area contributed by atoms with Gasteiger partial charge < -0.3 is 5.32 Å². The number of anilines is 1. The second kappa shape index (κ2) is 1.97. The van der Waals surface area contributed by atoms with Gasteiger partial charge in [0, 0.05) is 13.1 Å². The third kappa shape index (κ3) is 0.761. The summed E-state index contributed by atoms with van der Waals surface area (Å²) >= 11 is 0. The van der Waals surface area contributed by atoms with Crippen LogP contribution >= 0.6 is 0 Å². The molecule has 0 unspecified atom stereocenters. The second-order valence-corrected chi connectivity index (χ2v) is 2.54. The van der Waals surface area contributed by atoms with Gasteiger partial charge in [-0.2, -0.15) is 0 Å². The van der Waals surface area contributed by atoms with Gasteiger partial charge in [-0.3, -0.25) is 4.57 Å². The van der Waals surface area contributed by atoms with Gasteiger partial charge in [0.2, 0.25) is 5.95 Å². The summed E-state index contributed by atoms with van der Waals surface area (Å²) in [6.07, 6.45) is 4.32. The smallest absolute Gasteiger partial charge is 0.224 e. The van der Waals surface area contributed by atoms with Crippen LogP contribution in [0.2, 0.25) is 0 Å². The summed E-state index contributed by atoms with van der Waals surface area (Å²) in [4.78, 5) is 0. The Balaban J connectivity index is 2.28. The van der Waals surface area contributed by atoms with Crippen LogP contribution in [0.4, 0.5) is 5.95 Å². The topological polar surface area (TPSA) is 42.7 Å².